The molecule has 39 heavy (non-hydrogen) atoms. The van der Waals surface area contributed by atoms with Gasteiger partial charge in [-0.3, -0.25) is 14.5 Å². The average Bonchev–Trinajstić information content (AvgIpc) is 3.50. The minimum absolute atomic E-state index is 0.0760. The topological polar surface area (TPSA) is 92.6 Å². The number of carbonyl (C=O) groups excluding carboxylic acids is 2. The molecule has 0 spiro atoms. The SMILES string of the molecule is COc1cccc(C2/C(=C(/O)c3ccc(Cl)cc3)C(=O)C(=O)N2c2nnc(SCc3ccc(Cl)cc3Cl)s2)c1. The van der Waals surface area contributed by atoms with E-state index in [1.54, 1.807) is 60.7 Å². The number of rotatable bonds is 7. The van der Waals surface area contributed by atoms with E-state index < -0.39 is 17.7 Å². The minimum atomic E-state index is -0.965. The maximum atomic E-state index is 13.4. The number of Topliss-reactive ketones (excluding diaryl/α,β-unsaturated/α-hetero) is 1. The number of hydrogen-bond acceptors (Lipinski definition) is 8. The zero-order valence-corrected chi connectivity index (χ0v) is 24.0. The fraction of sp³-hybridized carbons (Fsp3) is 0.111. The van der Waals surface area contributed by atoms with Crippen LogP contribution in [0.3, 0.4) is 0 Å². The first kappa shape index (κ1) is 27.5. The summed E-state index contributed by atoms with van der Waals surface area (Å²) in [5, 5.41) is 21.4. The van der Waals surface area contributed by atoms with Crippen LogP contribution in [0.2, 0.25) is 15.1 Å². The van der Waals surface area contributed by atoms with E-state index >= 15 is 0 Å². The molecule has 1 N–H and O–H groups in total. The molecular formula is C27H18Cl3N3O4S2. The molecule has 0 aliphatic carbocycles. The number of nitrogens with zero attached hydrogens (tertiary/aromatic N) is 3. The molecule has 1 unspecified atom stereocenters. The molecule has 0 radical (unpaired) electrons. The summed E-state index contributed by atoms with van der Waals surface area (Å²) in [6, 6.07) is 17.6. The normalized spacial score (nSPS) is 16.6. The first-order valence-electron chi connectivity index (χ1n) is 11.4. The number of aromatic nitrogens is 2. The van der Waals surface area contributed by atoms with Crippen molar-refractivity contribution in [1.29, 1.82) is 0 Å². The lowest BCUT2D eigenvalue weighted by molar-refractivity contribution is -0.132. The number of anilines is 1. The van der Waals surface area contributed by atoms with Gasteiger partial charge in [-0.1, -0.05) is 76.1 Å². The lowest BCUT2D eigenvalue weighted by atomic mass is 9.95. The summed E-state index contributed by atoms with van der Waals surface area (Å²) in [5.74, 6) is -0.964. The Hall–Kier alpha value is -3.08. The Labute approximate surface area is 247 Å². The van der Waals surface area contributed by atoms with Crippen molar-refractivity contribution in [3.05, 3.63) is 104 Å². The Kier molecular flexibility index (Phi) is 8.16. The summed E-state index contributed by atoms with van der Waals surface area (Å²) in [4.78, 5) is 28.0. The van der Waals surface area contributed by atoms with E-state index in [2.05, 4.69) is 10.2 Å². The number of amides is 1. The fourth-order valence-corrected chi connectivity index (χ4v) is 6.61. The van der Waals surface area contributed by atoms with Gasteiger partial charge in [-0.15, -0.1) is 10.2 Å². The average molecular weight is 619 g/mol. The van der Waals surface area contributed by atoms with Crippen molar-refractivity contribution in [3.63, 3.8) is 0 Å². The Bertz CT molecular complexity index is 1610. The molecule has 7 nitrogen and oxygen atoms in total. The maximum Gasteiger partial charge on any atom is 0.301 e. The highest BCUT2D eigenvalue weighted by Gasteiger charge is 2.48. The van der Waals surface area contributed by atoms with Crippen LogP contribution in [-0.4, -0.2) is 34.1 Å². The molecule has 1 aromatic heterocycles. The fourth-order valence-electron chi connectivity index (χ4n) is 4.06. The quantitative estimate of drug-likeness (QED) is 0.0757. The molecule has 1 aliphatic heterocycles. The van der Waals surface area contributed by atoms with E-state index in [9.17, 15) is 14.7 Å². The van der Waals surface area contributed by atoms with E-state index in [0.29, 0.717) is 42.0 Å². The zero-order valence-electron chi connectivity index (χ0n) is 20.1. The molecule has 1 aliphatic rings. The van der Waals surface area contributed by atoms with Gasteiger partial charge in [0, 0.05) is 26.4 Å². The number of ketones is 1. The Balaban J connectivity index is 1.54. The number of thioether (sulfide) groups is 1. The lowest BCUT2D eigenvalue weighted by Crippen LogP contribution is -2.29. The van der Waals surface area contributed by atoms with E-state index in [1.165, 1.54) is 23.8 Å². The van der Waals surface area contributed by atoms with E-state index in [4.69, 9.17) is 39.5 Å². The van der Waals surface area contributed by atoms with Crippen LogP contribution < -0.4 is 9.64 Å². The molecule has 1 amide bonds. The molecule has 4 aromatic rings. The number of carbonyl (C=O) groups is 2. The number of aliphatic hydroxyl groups is 1. The van der Waals surface area contributed by atoms with Gasteiger partial charge in [-0.05, 0) is 59.7 Å². The van der Waals surface area contributed by atoms with Crippen molar-refractivity contribution in [2.24, 2.45) is 0 Å². The van der Waals surface area contributed by atoms with Gasteiger partial charge in [0.1, 0.15) is 11.5 Å². The van der Waals surface area contributed by atoms with E-state index in [-0.39, 0.29) is 16.5 Å². The standard InChI is InChI=1S/C27H18Cl3N3O4S2/c1-37-19-4-2-3-15(11-19)22-21(23(34)14-5-8-17(28)9-6-14)24(35)25(36)33(22)26-31-32-27(39-26)38-13-16-7-10-18(29)12-20(16)30/h2-12,22,34H,13H2,1H3/b23-21-. The second kappa shape index (κ2) is 11.6. The van der Waals surface area contributed by atoms with Gasteiger partial charge in [0.2, 0.25) is 5.13 Å². The van der Waals surface area contributed by atoms with Crippen molar-refractivity contribution in [3.8, 4) is 5.75 Å². The molecule has 0 saturated carbocycles. The smallest absolute Gasteiger partial charge is 0.301 e. The van der Waals surface area contributed by atoms with Gasteiger partial charge in [-0.2, -0.15) is 0 Å². The molecule has 1 fully saturated rings. The van der Waals surface area contributed by atoms with Gasteiger partial charge >= 0.3 is 5.91 Å². The van der Waals surface area contributed by atoms with Gasteiger partial charge < -0.3 is 9.84 Å². The second-order valence-corrected chi connectivity index (χ2v) is 11.8. The number of aliphatic hydroxyl groups excluding tert-OH is 1. The van der Waals surface area contributed by atoms with Crippen LogP contribution in [0, 0.1) is 0 Å². The van der Waals surface area contributed by atoms with Crippen molar-refractivity contribution in [2.45, 2.75) is 16.1 Å². The number of halogens is 3. The summed E-state index contributed by atoms with van der Waals surface area (Å²) in [6.45, 7) is 0. The van der Waals surface area contributed by atoms with Gasteiger partial charge in [-0.25, -0.2) is 0 Å². The van der Waals surface area contributed by atoms with Crippen molar-refractivity contribution >= 4 is 80.5 Å². The molecular weight excluding hydrogens is 601 g/mol. The van der Waals surface area contributed by atoms with Gasteiger partial charge in [0.25, 0.3) is 5.78 Å². The Morgan fingerprint density at radius 3 is 2.49 bits per heavy atom. The van der Waals surface area contributed by atoms with Gasteiger partial charge in [0.15, 0.2) is 4.34 Å². The number of hydrogen-bond donors (Lipinski definition) is 1. The predicted octanol–water partition coefficient (Wildman–Crippen LogP) is 7.43. The number of methoxy groups -OCH3 is 1. The molecule has 198 valence electrons. The first-order chi connectivity index (χ1) is 18.8. The highest BCUT2D eigenvalue weighted by atomic mass is 35.5. The summed E-state index contributed by atoms with van der Waals surface area (Å²) in [6.07, 6.45) is 0. The van der Waals surface area contributed by atoms with Crippen molar-refractivity contribution < 1.29 is 19.4 Å². The van der Waals surface area contributed by atoms with Crippen LogP contribution in [0.1, 0.15) is 22.7 Å². The largest absolute Gasteiger partial charge is 0.507 e. The highest BCUT2D eigenvalue weighted by molar-refractivity contribution is 8.00. The third-order valence-corrected chi connectivity index (χ3v) is 8.88. The molecule has 3 aromatic carbocycles. The molecule has 0 bridgehead atoms. The summed E-state index contributed by atoms with van der Waals surface area (Å²) >= 11 is 20.8. The van der Waals surface area contributed by atoms with Crippen LogP contribution in [-0.2, 0) is 15.3 Å². The second-order valence-electron chi connectivity index (χ2n) is 8.33. The number of ether oxygens (including phenoxy) is 1. The van der Waals surface area contributed by atoms with Crippen LogP contribution >= 0.6 is 57.9 Å². The van der Waals surface area contributed by atoms with E-state index in [1.807, 2.05) is 6.07 Å². The van der Waals surface area contributed by atoms with E-state index in [0.717, 1.165) is 16.9 Å². The highest BCUT2D eigenvalue weighted by Crippen LogP contribution is 2.44. The van der Waals surface area contributed by atoms with Crippen molar-refractivity contribution in [2.75, 3.05) is 12.0 Å². The molecule has 5 rings (SSSR count). The summed E-state index contributed by atoms with van der Waals surface area (Å²) < 4.78 is 5.94. The van der Waals surface area contributed by atoms with Crippen LogP contribution in [0.25, 0.3) is 5.76 Å². The van der Waals surface area contributed by atoms with Crippen LogP contribution in [0.5, 0.6) is 5.75 Å². The lowest BCUT2D eigenvalue weighted by Gasteiger charge is -2.22. The third kappa shape index (κ3) is 5.64. The molecule has 1 saturated heterocycles. The maximum absolute atomic E-state index is 13.4. The monoisotopic (exact) mass is 617 g/mol. The molecule has 12 heteroatoms. The zero-order chi connectivity index (χ0) is 27.7. The molecule has 2 heterocycles. The molecule has 1 atom stereocenters. The Morgan fingerprint density at radius 1 is 1.03 bits per heavy atom. The summed E-state index contributed by atoms with van der Waals surface area (Å²) in [5.41, 5.74) is 1.69. The Morgan fingerprint density at radius 2 is 1.77 bits per heavy atom. The first-order valence-corrected chi connectivity index (χ1v) is 14.3. The van der Waals surface area contributed by atoms with Gasteiger partial charge in [0.05, 0.1) is 18.7 Å². The minimum Gasteiger partial charge on any atom is -0.507 e. The third-order valence-electron chi connectivity index (χ3n) is 5.94. The predicted molar refractivity (Wildman–Crippen MR) is 155 cm³/mol. The van der Waals surface area contributed by atoms with Crippen LogP contribution in [0.15, 0.2) is 76.6 Å². The number of benzene rings is 3. The summed E-state index contributed by atoms with van der Waals surface area (Å²) in [7, 11) is 1.52. The van der Waals surface area contributed by atoms with Crippen molar-refractivity contribution in [1.82, 2.24) is 10.2 Å². The van der Waals surface area contributed by atoms with Crippen LogP contribution in [0.4, 0.5) is 5.13 Å².